The van der Waals surface area contributed by atoms with Crippen LogP contribution in [0.1, 0.15) is 30.5 Å². The summed E-state index contributed by atoms with van der Waals surface area (Å²) in [7, 11) is 0. The zero-order valence-corrected chi connectivity index (χ0v) is 11.6. The van der Waals surface area contributed by atoms with Gasteiger partial charge in [0, 0.05) is 6.04 Å². The molecule has 1 aromatic carbocycles. The van der Waals surface area contributed by atoms with E-state index in [2.05, 4.69) is 0 Å². The average Bonchev–Trinajstić information content (AvgIpc) is 2.34. The lowest BCUT2D eigenvalue weighted by molar-refractivity contribution is -0.148. The van der Waals surface area contributed by atoms with Gasteiger partial charge < -0.3 is 10.5 Å². The van der Waals surface area contributed by atoms with Gasteiger partial charge in [-0.2, -0.15) is 0 Å². The number of fused-ring (bicyclic) bond motifs is 1. The Bertz CT molecular complexity index is 476. The van der Waals surface area contributed by atoms with Crippen LogP contribution in [0.15, 0.2) is 12.1 Å². The third-order valence-corrected chi connectivity index (χ3v) is 4.08. The maximum Gasteiger partial charge on any atom is 0.309 e. The normalized spacial score (nSPS) is 22.4. The topological polar surface area (TPSA) is 52.3 Å². The predicted octanol–water partition coefficient (Wildman–Crippen LogP) is 3.12. The third-order valence-electron chi connectivity index (χ3n) is 3.24. The smallest absolute Gasteiger partial charge is 0.309 e. The summed E-state index contributed by atoms with van der Waals surface area (Å²) in [6, 6.07) is 3.43. The van der Waals surface area contributed by atoms with E-state index in [9.17, 15) is 4.79 Å². The first-order chi connectivity index (χ1) is 8.54. The Morgan fingerprint density at radius 1 is 1.50 bits per heavy atom. The second kappa shape index (κ2) is 5.47. The minimum Gasteiger partial charge on any atom is -0.466 e. The zero-order chi connectivity index (χ0) is 13.3. The van der Waals surface area contributed by atoms with E-state index in [1.165, 1.54) is 0 Å². The van der Waals surface area contributed by atoms with E-state index >= 15 is 0 Å². The highest BCUT2D eigenvalue weighted by atomic mass is 35.5. The standard InChI is InChI=1S/C13H15Cl2NO2/c1-2-18-13(17)7-5-9-8(11(16)6-7)3-4-10(14)12(9)15/h3-4,7,11H,2,5-6,16H2,1H3/t7-,11+/m1/s1. The third kappa shape index (κ3) is 2.48. The number of halogens is 2. The van der Waals surface area contributed by atoms with Crippen molar-refractivity contribution in [2.45, 2.75) is 25.8 Å². The molecule has 1 aromatic rings. The predicted molar refractivity (Wildman–Crippen MR) is 71.8 cm³/mol. The molecule has 0 aromatic heterocycles. The van der Waals surface area contributed by atoms with Crippen molar-refractivity contribution >= 4 is 29.2 Å². The van der Waals surface area contributed by atoms with Crippen LogP contribution in [0.2, 0.25) is 10.0 Å². The highest BCUT2D eigenvalue weighted by Crippen LogP contribution is 2.39. The molecule has 0 unspecified atom stereocenters. The number of hydrogen-bond acceptors (Lipinski definition) is 3. The highest BCUT2D eigenvalue weighted by Gasteiger charge is 2.32. The Balaban J connectivity index is 2.32. The van der Waals surface area contributed by atoms with E-state index < -0.39 is 0 Å². The first kappa shape index (κ1) is 13.7. The molecule has 0 spiro atoms. The van der Waals surface area contributed by atoms with E-state index in [0.29, 0.717) is 29.5 Å². The quantitative estimate of drug-likeness (QED) is 0.851. The monoisotopic (exact) mass is 287 g/mol. The van der Waals surface area contributed by atoms with Crippen molar-refractivity contribution in [3.8, 4) is 0 Å². The van der Waals surface area contributed by atoms with Crippen molar-refractivity contribution in [2.24, 2.45) is 11.7 Å². The van der Waals surface area contributed by atoms with Gasteiger partial charge >= 0.3 is 5.97 Å². The number of carbonyl (C=O) groups excluding carboxylic acids is 1. The summed E-state index contributed by atoms with van der Waals surface area (Å²) in [6.07, 6.45) is 1.13. The van der Waals surface area contributed by atoms with Crippen LogP contribution >= 0.6 is 23.2 Å². The molecule has 0 fully saturated rings. The molecule has 0 amide bonds. The van der Waals surface area contributed by atoms with E-state index in [1.54, 1.807) is 13.0 Å². The fraction of sp³-hybridized carbons (Fsp3) is 0.462. The largest absolute Gasteiger partial charge is 0.466 e. The molecule has 0 bridgehead atoms. The summed E-state index contributed by atoms with van der Waals surface area (Å²) in [6.45, 7) is 2.17. The molecule has 2 rings (SSSR count). The molecule has 2 N–H and O–H groups in total. The van der Waals surface area contributed by atoms with Crippen LogP contribution in [-0.2, 0) is 16.0 Å². The Hall–Kier alpha value is -0.770. The second-order valence-electron chi connectivity index (χ2n) is 4.42. The van der Waals surface area contributed by atoms with Gasteiger partial charge in [0.25, 0.3) is 0 Å². The fourth-order valence-electron chi connectivity index (χ4n) is 2.37. The second-order valence-corrected chi connectivity index (χ2v) is 5.21. The van der Waals surface area contributed by atoms with Gasteiger partial charge in [0.05, 0.1) is 22.6 Å². The van der Waals surface area contributed by atoms with Crippen LogP contribution in [-0.4, -0.2) is 12.6 Å². The van der Waals surface area contributed by atoms with E-state index in [1.807, 2.05) is 6.07 Å². The number of hydrogen-bond donors (Lipinski definition) is 1. The molecule has 5 heteroatoms. The summed E-state index contributed by atoms with van der Waals surface area (Å²) in [5, 5.41) is 0.991. The van der Waals surface area contributed by atoms with Gasteiger partial charge in [-0.1, -0.05) is 29.3 Å². The van der Waals surface area contributed by atoms with Crippen molar-refractivity contribution in [1.29, 1.82) is 0 Å². The zero-order valence-electron chi connectivity index (χ0n) is 10.1. The molecule has 18 heavy (non-hydrogen) atoms. The highest BCUT2D eigenvalue weighted by molar-refractivity contribution is 6.42. The molecule has 1 aliphatic carbocycles. The van der Waals surface area contributed by atoms with Crippen molar-refractivity contribution in [1.82, 2.24) is 0 Å². The average molecular weight is 288 g/mol. The molecule has 0 radical (unpaired) electrons. The Labute approximate surface area is 116 Å². The maximum absolute atomic E-state index is 11.8. The van der Waals surface area contributed by atoms with Gasteiger partial charge in [0.2, 0.25) is 0 Å². The Morgan fingerprint density at radius 2 is 2.22 bits per heavy atom. The number of rotatable bonds is 2. The summed E-state index contributed by atoms with van der Waals surface area (Å²) in [4.78, 5) is 11.8. The van der Waals surface area contributed by atoms with Gasteiger partial charge in [0.1, 0.15) is 0 Å². The van der Waals surface area contributed by atoms with Crippen molar-refractivity contribution < 1.29 is 9.53 Å². The Morgan fingerprint density at radius 3 is 2.89 bits per heavy atom. The minimum absolute atomic E-state index is 0.196. The number of benzene rings is 1. The first-order valence-corrected chi connectivity index (χ1v) is 6.69. The van der Waals surface area contributed by atoms with Gasteiger partial charge in [-0.15, -0.1) is 0 Å². The maximum atomic E-state index is 11.8. The number of carbonyl (C=O) groups is 1. The number of esters is 1. The molecule has 98 valence electrons. The molecule has 0 saturated carbocycles. The summed E-state index contributed by atoms with van der Waals surface area (Å²) < 4.78 is 5.04. The van der Waals surface area contributed by atoms with Crippen LogP contribution in [0.5, 0.6) is 0 Å². The van der Waals surface area contributed by atoms with Crippen molar-refractivity contribution in [3.05, 3.63) is 33.3 Å². The SMILES string of the molecule is CCOC(=O)[C@@H]1Cc2c(ccc(Cl)c2Cl)[C@@H](N)C1. The fourth-order valence-corrected chi connectivity index (χ4v) is 2.79. The van der Waals surface area contributed by atoms with Gasteiger partial charge in [-0.05, 0) is 37.0 Å². The number of ether oxygens (including phenoxy) is 1. The van der Waals surface area contributed by atoms with E-state index in [-0.39, 0.29) is 17.9 Å². The molecule has 0 saturated heterocycles. The first-order valence-electron chi connectivity index (χ1n) is 5.93. The summed E-state index contributed by atoms with van der Waals surface area (Å²) >= 11 is 12.2. The van der Waals surface area contributed by atoms with Gasteiger partial charge in [0.15, 0.2) is 0 Å². The minimum atomic E-state index is -0.233. The molecule has 3 nitrogen and oxygen atoms in total. The lowest BCUT2D eigenvalue weighted by Crippen LogP contribution is -2.30. The van der Waals surface area contributed by atoms with Crippen molar-refractivity contribution in [2.75, 3.05) is 6.61 Å². The number of nitrogens with two attached hydrogens (primary N) is 1. The summed E-state index contributed by atoms with van der Waals surface area (Å²) in [5.74, 6) is -0.446. The van der Waals surface area contributed by atoms with E-state index in [0.717, 1.165) is 11.1 Å². The van der Waals surface area contributed by atoms with E-state index in [4.69, 9.17) is 33.7 Å². The lowest BCUT2D eigenvalue weighted by Gasteiger charge is -2.29. The van der Waals surface area contributed by atoms with Crippen LogP contribution in [0.25, 0.3) is 0 Å². The van der Waals surface area contributed by atoms with Crippen LogP contribution in [0.4, 0.5) is 0 Å². The molecular weight excluding hydrogens is 273 g/mol. The molecule has 0 heterocycles. The Kier molecular flexibility index (Phi) is 4.15. The van der Waals surface area contributed by atoms with Crippen LogP contribution < -0.4 is 5.73 Å². The van der Waals surface area contributed by atoms with Gasteiger partial charge in [-0.25, -0.2) is 0 Å². The molecule has 0 aliphatic heterocycles. The van der Waals surface area contributed by atoms with Crippen LogP contribution in [0.3, 0.4) is 0 Å². The summed E-state index contributed by atoms with van der Waals surface area (Å²) in [5.41, 5.74) is 7.93. The lowest BCUT2D eigenvalue weighted by atomic mass is 9.81. The molecule has 1 aliphatic rings. The van der Waals surface area contributed by atoms with Crippen LogP contribution in [0, 0.1) is 5.92 Å². The van der Waals surface area contributed by atoms with Crippen molar-refractivity contribution in [3.63, 3.8) is 0 Å². The molecule has 2 atom stereocenters. The molecular formula is C13H15Cl2NO2. The van der Waals surface area contributed by atoms with Gasteiger partial charge in [-0.3, -0.25) is 4.79 Å².